The number of pyridine rings is 1. The van der Waals surface area contributed by atoms with Crippen molar-refractivity contribution >= 4 is 23.1 Å². The monoisotopic (exact) mass is 464 g/mol. The van der Waals surface area contributed by atoms with E-state index in [0.29, 0.717) is 29.9 Å². The molecule has 0 N–H and O–H groups in total. The number of amides is 1. The molecule has 0 fully saturated rings. The number of hydrogen-bond donors (Lipinski definition) is 0. The molecule has 1 atom stereocenters. The Kier molecular flexibility index (Phi) is 7.12. The Labute approximate surface area is 206 Å². The highest BCUT2D eigenvalue weighted by Crippen LogP contribution is 2.40. The van der Waals surface area contributed by atoms with Crippen LogP contribution in [0.4, 0.5) is 10.5 Å². The van der Waals surface area contributed by atoms with Crippen LogP contribution in [0.2, 0.25) is 0 Å². The van der Waals surface area contributed by atoms with Gasteiger partial charge < -0.3 is 4.74 Å². The van der Waals surface area contributed by atoms with Crippen molar-refractivity contribution in [1.29, 1.82) is 0 Å². The lowest BCUT2D eigenvalue weighted by Crippen LogP contribution is -2.26. The smallest absolute Gasteiger partial charge is 0.414 e. The van der Waals surface area contributed by atoms with Gasteiger partial charge in [-0.3, -0.25) is 14.7 Å². The summed E-state index contributed by atoms with van der Waals surface area (Å²) in [4.78, 5) is 32.7. The van der Waals surface area contributed by atoms with Crippen molar-refractivity contribution in [2.75, 3.05) is 11.9 Å². The number of carbonyl (C=O) groups excluding carboxylic acids is 2. The average molecular weight is 465 g/mol. The third-order valence-electron chi connectivity index (χ3n) is 6.19. The fourth-order valence-corrected chi connectivity index (χ4v) is 4.56. The number of benzene rings is 2. The molecule has 1 aliphatic rings. The minimum atomic E-state index is -0.529. The van der Waals surface area contributed by atoms with E-state index >= 15 is 0 Å². The standard InChI is InChI=1S/C30H28N2O3/c1-5-11-22-16-20(2)27(21(3)17-22)28-26(35-30(34)32(4)25-13-7-6-8-14-25)19-23(29(28)33)18-24-12-9-10-15-31-24/h6-10,12-17,23H,18-19H2,1-4H3. The van der Waals surface area contributed by atoms with Crippen molar-refractivity contribution in [3.63, 3.8) is 0 Å². The van der Waals surface area contributed by atoms with Crippen LogP contribution in [0.1, 0.15) is 41.3 Å². The Bertz CT molecular complexity index is 1330. The predicted octanol–water partition coefficient (Wildman–Crippen LogP) is 5.89. The number of rotatable bonds is 5. The SMILES string of the molecule is CC#Cc1cc(C)c(C2=C(OC(=O)N(C)c3ccccc3)CC(Cc3ccccn3)C2=O)c(C)c1. The van der Waals surface area contributed by atoms with E-state index in [1.165, 1.54) is 4.90 Å². The lowest BCUT2D eigenvalue weighted by atomic mass is 9.89. The lowest BCUT2D eigenvalue weighted by molar-refractivity contribution is -0.116. The van der Waals surface area contributed by atoms with Crippen LogP contribution in [0.5, 0.6) is 0 Å². The Balaban J connectivity index is 1.72. The van der Waals surface area contributed by atoms with E-state index in [2.05, 4.69) is 16.8 Å². The van der Waals surface area contributed by atoms with Gasteiger partial charge in [0.25, 0.3) is 0 Å². The van der Waals surface area contributed by atoms with Crippen LogP contribution in [0.15, 0.2) is 72.6 Å². The molecule has 1 unspecified atom stereocenters. The first-order valence-electron chi connectivity index (χ1n) is 11.6. The molecule has 0 saturated heterocycles. The number of ether oxygens (including phenoxy) is 1. The van der Waals surface area contributed by atoms with Gasteiger partial charge in [0.2, 0.25) is 0 Å². The van der Waals surface area contributed by atoms with E-state index in [1.54, 1.807) is 20.2 Å². The summed E-state index contributed by atoms with van der Waals surface area (Å²) in [7, 11) is 1.66. The highest BCUT2D eigenvalue weighted by atomic mass is 16.6. The van der Waals surface area contributed by atoms with Gasteiger partial charge in [-0.2, -0.15) is 0 Å². The van der Waals surface area contributed by atoms with Gasteiger partial charge >= 0.3 is 6.09 Å². The Hall–Kier alpha value is -4.17. The fourth-order valence-electron chi connectivity index (χ4n) is 4.56. The van der Waals surface area contributed by atoms with Gasteiger partial charge in [-0.1, -0.05) is 30.2 Å². The molecule has 0 spiro atoms. The topological polar surface area (TPSA) is 59.5 Å². The number of ketones is 1. The molecule has 1 aliphatic carbocycles. The molecule has 3 aromatic rings. The van der Waals surface area contributed by atoms with Gasteiger partial charge in [0.1, 0.15) is 5.76 Å². The second-order valence-corrected chi connectivity index (χ2v) is 8.71. The van der Waals surface area contributed by atoms with Crippen molar-refractivity contribution in [2.45, 2.75) is 33.6 Å². The first kappa shape index (κ1) is 24.0. The third-order valence-corrected chi connectivity index (χ3v) is 6.19. The molecule has 5 heteroatoms. The van der Waals surface area contributed by atoms with E-state index in [1.807, 2.05) is 74.5 Å². The van der Waals surface area contributed by atoms with Crippen molar-refractivity contribution in [3.8, 4) is 11.8 Å². The summed E-state index contributed by atoms with van der Waals surface area (Å²) in [5.41, 5.74) is 5.58. The zero-order chi connectivity index (χ0) is 24.9. The van der Waals surface area contributed by atoms with E-state index < -0.39 is 6.09 Å². The molecule has 0 radical (unpaired) electrons. The summed E-state index contributed by atoms with van der Waals surface area (Å²) in [6, 6.07) is 18.9. The first-order chi connectivity index (χ1) is 16.9. The Morgan fingerprint density at radius 1 is 1.09 bits per heavy atom. The van der Waals surface area contributed by atoms with Crippen molar-refractivity contribution in [1.82, 2.24) is 4.98 Å². The maximum absolute atomic E-state index is 13.7. The third kappa shape index (κ3) is 5.17. The number of hydrogen-bond acceptors (Lipinski definition) is 4. The van der Waals surface area contributed by atoms with Crippen LogP contribution in [0.25, 0.3) is 5.57 Å². The second-order valence-electron chi connectivity index (χ2n) is 8.71. The van der Waals surface area contributed by atoms with Crippen LogP contribution in [-0.2, 0) is 16.0 Å². The Morgan fingerprint density at radius 3 is 2.40 bits per heavy atom. The van der Waals surface area contributed by atoms with Crippen molar-refractivity contribution in [2.24, 2.45) is 5.92 Å². The average Bonchev–Trinajstić information content (AvgIpc) is 3.14. The lowest BCUT2D eigenvalue weighted by Gasteiger charge is -2.18. The number of nitrogens with zero attached hydrogens (tertiary/aromatic N) is 2. The number of para-hydroxylation sites is 1. The molecule has 1 aromatic heterocycles. The number of carbonyl (C=O) groups is 2. The maximum Gasteiger partial charge on any atom is 0.419 e. The largest absolute Gasteiger partial charge is 0.419 e. The van der Waals surface area contributed by atoms with Gasteiger partial charge in [-0.15, -0.1) is 5.92 Å². The zero-order valence-electron chi connectivity index (χ0n) is 20.5. The molecule has 1 amide bonds. The number of anilines is 1. The van der Waals surface area contributed by atoms with Crippen molar-refractivity contribution in [3.05, 3.63) is 101 Å². The molecule has 35 heavy (non-hydrogen) atoms. The molecule has 1 heterocycles. The highest BCUT2D eigenvalue weighted by Gasteiger charge is 2.38. The van der Waals surface area contributed by atoms with Gasteiger partial charge in [0, 0.05) is 48.9 Å². The number of Topliss-reactive ketones (excluding diaryl/α,β-unsaturated/α-hetero) is 1. The predicted molar refractivity (Wildman–Crippen MR) is 138 cm³/mol. The normalized spacial score (nSPS) is 15.0. The summed E-state index contributed by atoms with van der Waals surface area (Å²) in [5, 5.41) is 0. The molecule has 0 bridgehead atoms. The van der Waals surface area contributed by atoms with Gasteiger partial charge in [0.15, 0.2) is 5.78 Å². The van der Waals surface area contributed by atoms with Crippen LogP contribution in [0, 0.1) is 31.6 Å². The zero-order valence-corrected chi connectivity index (χ0v) is 20.5. The number of aryl methyl sites for hydroxylation is 2. The second kappa shape index (κ2) is 10.4. The maximum atomic E-state index is 13.7. The minimum absolute atomic E-state index is 0.0265. The molecule has 0 saturated carbocycles. The molecular weight excluding hydrogens is 436 g/mol. The fraction of sp³-hybridized carbons (Fsp3) is 0.233. The number of aromatic nitrogens is 1. The summed E-state index contributed by atoms with van der Waals surface area (Å²) in [6.07, 6.45) is 2.02. The van der Waals surface area contributed by atoms with Crippen LogP contribution >= 0.6 is 0 Å². The van der Waals surface area contributed by atoms with Crippen molar-refractivity contribution < 1.29 is 14.3 Å². The van der Waals surface area contributed by atoms with E-state index in [-0.39, 0.29) is 11.7 Å². The molecule has 2 aromatic carbocycles. The highest BCUT2D eigenvalue weighted by molar-refractivity contribution is 6.25. The van der Waals surface area contributed by atoms with Gasteiger partial charge in [0.05, 0.1) is 5.57 Å². The summed E-state index contributed by atoms with van der Waals surface area (Å²) < 4.78 is 5.92. The van der Waals surface area contributed by atoms with Gasteiger partial charge in [-0.25, -0.2) is 4.79 Å². The summed E-state index contributed by atoms with van der Waals surface area (Å²) >= 11 is 0. The molecule has 0 aliphatic heterocycles. The van der Waals surface area contributed by atoms with Crippen LogP contribution < -0.4 is 4.90 Å². The quantitative estimate of drug-likeness (QED) is 0.442. The minimum Gasteiger partial charge on any atom is -0.414 e. The van der Waals surface area contributed by atoms with E-state index in [0.717, 1.165) is 27.9 Å². The molecule has 4 rings (SSSR count). The first-order valence-corrected chi connectivity index (χ1v) is 11.6. The molecule has 5 nitrogen and oxygen atoms in total. The van der Waals surface area contributed by atoms with Crippen LogP contribution in [0.3, 0.4) is 0 Å². The van der Waals surface area contributed by atoms with Crippen LogP contribution in [-0.4, -0.2) is 23.9 Å². The summed E-state index contributed by atoms with van der Waals surface area (Å²) in [6.45, 7) is 5.72. The van der Waals surface area contributed by atoms with E-state index in [4.69, 9.17) is 4.74 Å². The Morgan fingerprint density at radius 2 is 1.77 bits per heavy atom. The van der Waals surface area contributed by atoms with Gasteiger partial charge in [-0.05, 0) is 73.9 Å². The number of allylic oxidation sites excluding steroid dienone is 2. The summed E-state index contributed by atoms with van der Waals surface area (Å²) in [5.74, 6) is 6.04. The molecular formula is C30H28N2O3. The molecule has 176 valence electrons. The van der Waals surface area contributed by atoms with E-state index in [9.17, 15) is 9.59 Å².